The Morgan fingerprint density at radius 1 is 1.40 bits per heavy atom. The molecule has 1 radical (unpaired) electrons. The van der Waals surface area contributed by atoms with Gasteiger partial charge in [-0.3, -0.25) is 5.84 Å². The van der Waals surface area contributed by atoms with Crippen molar-refractivity contribution in [1.29, 1.82) is 0 Å². The Morgan fingerprint density at radius 3 is 1.50 bits per heavy atom. The van der Waals surface area contributed by atoms with E-state index in [0.717, 1.165) is 0 Å². The number of hydrogen-bond donors (Lipinski definition) is 3. The van der Waals surface area contributed by atoms with Crippen molar-refractivity contribution >= 4 is 11.9 Å². The van der Waals surface area contributed by atoms with Gasteiger partial charge in [0.05, 0.1) is 0 Å². The van der Waals surface area contributed by atoms with Crippen LogP contribution < -0.4 is 16.8 Å². The monoisotopic (exact) mass is 203 g/mol. The fourth-order valence-electron chi connectivity index (χ4n) is 0. The molecule has 67 valence electrons. The molecule has 0 aliphatic carbocycles. The zero-order valence-corrected chi connectivity index (χ0v) is 5.70. The van der Waals surface area contributed by atoms with E-state index in [1.807, 2.05) is 0 Å². The molecule has 0 atom stereocenters. The molecule has 0 spiro atoms. The van der Waals surface area contributed by atoms with Crippen molar-refractivity contribution in [2.45, 2.75) is 0 Å². The van der Waals surface area contributed by atoms with Gasteiger partial charge in [0.25, 0.3) is 0 Å². The van der Waals surface area contributed by atoms with E-state index in [1.165, 1.54) is 0 Å². The van der Waals surface area contributed by atoms with E-state index in [4.69, 9.17) is 19.8 Å². The number of carboxylic acids is 2. The predicted molar refractivity (Wildman–Crippen MR) is 23.3 cm³/mol. The minimum atomic E-state index is -2.07. The SMILES string of the molecule is N[NH3+].O.O=C([O-])C(=O)O.[Cu]. The van der Waals surface area contributed by atoms with Crippen LogP contribution in [0.4, 0.5) is 0 Å². The normalized spacial score (nSPS) is 5.00. The van der Waals surface area contributed by atoms with Crippen LogP contribution in [-0.2, 0) is 26.7 Å². The molecule has 0 aromatic rings. The minimum Gasteiger partial charge on any atom is -0.539 e. The Labute approximate surface area is 66.7 Å². The van der Waals surface area contributed by atoms with Gasteiger partial charge >= 0.3 is 5.97 Å². The second kappa shape index (κ2) is 15.8. The standard InChI is InChI=1S/C2H2O4.Cu.H4N2.H2O/c3-1(4)2(5)6;;1-2;/h(H,3,4)(H,5,6);;1-2H2;1H2. The summed E-state index contributed by atoms with van der Waals surface area (Å²) in [6, 6.07) is 0. The van der Waals surface area contributed by atoms with Crippen molar-refractivity contribution in [3.63, 3.8) is 0 Å². The zero-order valence-electron chi connectivity index (χ0n) is 4.76. The Bertz CT molecular complexity index is 83.6. The van der Waals surface area contributed by atoms with Crippen molar-refractivity contribution in [3.05, 3.63) is 0 Å². The number of nitrogens with two attached hydrogens (primary N) is 1. The third-order valence-electron chi connectivity index (χ3n) is 0.175. The van der Waals surface area contributed by atoms with Gasteiger partial charge in [0.2, 0.25) is 0 Å². The molecule has 0 unspecified atom stereocenters. The first-order chi connectivity index (χ1) is 3.64. The molecule has 10 heavy (non-hydrogen) atoms. The number of rotatable bonds is 0. The summed E-state index contributed by atoms with van der Waals surface area (Å²) < 4.78 is 0. The third kappa shape index (κ3) is 26.4. The van der Waals surface area contributed by atoms with Gasteiger partial charge in [0.15, 0.2) is 5.97 Å². The molecule has 0 aliphatic rings. The van der Waals surface area contributed by atoms with Gasteiger partial charge in [-0.15, -0.1) is 0 Å². The van der Waals surface area contributed by atoms with Gasteiger partial charge < -0.3 is 20.5 Å². The number of carbonyl (C=O) groups excluding carboxylic acids is 1. The molecule has 0 rings (SSSR count). The largest absolute Gasteiger partial charge is 0.539 e. The second-order valence-electron chi connectivity index (χ2n) is 0.593. The van der Waals surface area contributed by atoms with E-state index < -0.39 is 11.9 Å². The Morgan fingerprint density at radius 2 is 1.50 bits per heavy atom. The molecule has 0 saturated heterocycles. The van der Waals surface area contributed by atoms with Crippen LogP contribution in [0.1, 0.15) is 0 Å². The number of hydrogen-bond acceptors (Lipinski definition) is 4. The van der Waals surface area contributed by atoms with Crippen LogP contribution >= 0.6 is 0 Å². The molecule has 8 N–H and O–H groups in total. The van der Waals surface area contributed by atoms with Crippen molar-refractivity contribution in [2.75, 3.05) is 0 Å². The molecule has 0 amide bonds. The summed E-state index contributed by atoms with van der Waals surface area (Å²) in [4.78, 5) is 18.0. The average molecular weight is 204 g/mol. The fraction of sp³-hybridized carbons (Fsp3) is 0. The first-order valence-corrected chi connectivity index (χ1v) is 1.49. The molecule has 8 heteroatoms. The summed E-state index contributed by atoms with van der Waals surface area (Å²) in [6.07, 6.45) is 0. The molecule has 0 bridgehead atoms. The van der Waals surface area contributed by atoms with Crippen LogP contribution in [-0.4, -0.2) is 22.5 Å². The minimum absolute atomic E-state index is 0. The molecule has 0 heterocycles. The number of carboxylic acid groups (broad SMARTS) is 2. The molecule has 0 aliphatic heterocycles. The number of carbonyl (C=O) groups is 2. The van der Waals surface area contributed by atoms with E-state index in [1.54, 1.807) is 0 Å². The van der Waals surface area contributed by atoms with Gasteiger partial charge in [0, 0.05) is 17.1 Å². The summed E-state index contributed by atoms with van der Waals surface area (Å²) in [6.45, 7) is 0. The molecule has 0 aromatic heterocycles. The van der Waals surface area contributed by atoms with Crippen LogP contribution in [0.2, 0.25) is 0 Å². The van der Waals surface area contributed by atoms with E-state index in [9.17, 15) is 0 Å². The first-order valence-electron chi connectivity index (χ1n) is 1.49. The molecular formula is C2H8CuN2O5. The van der Waals surface area contributed by atoms with E-state index >= 15 is 0 Å². The second-order valence-corrected chi connectivity index (χ2v) is 0.593. The molecule has 7 nitrogen and oxygen atoms in total. The summed E-state index contributed by atoms with van der Waals surface area (Å²) in [5, 5.41) is 16.3. The van der Waals surface area contributed by atoms with Crippen LogP contribution in [0.5, 0.6) is 0 Å². The van der Waals surface area contributed by atoms with E-state index in [0.29, 0.717) is 0 Å². The zero-order chi connectivity index (χ0) is 7.15. The topological polar surface area (TPSA) is 163 Å². The quantitative estimate of drug-likeness (QED) is 0.155. The Hall–Kier alpha value is -0.661. The van der Waals surface area contributed by atoms with Gasteiger partial charge in [-0.1, -0.05) is 0 Å². The summed E-state index contributed by atoms with van der Waals surface area (Å²) >= 11 is 0. The summed E-state index contributed by atoms with van der Waals surface area (Å²) in [7, 11) is 0. The number of quaternary nitrogens is 1. The van der Waals surface area contributed by atoms with Crippen molar-refractivity contribution in [3.8, 4) is 0 Å². The van der Waals surface area contributed by atoms with Gasteiger partial charge in [0.1, 0.15) is 0 Å². The van der Waals surface area contributed by atoms with Gasteiger partial charge in [-0.05, 0) is 0 Å². The maximum Gasteiger partial charge on any atom is 0.351 e. The summed E-state index contributed by atoms with van der Waals surface area (Å²) in [5.41, 5.74) is 0. The van der Waals surface area contributed by atoms with Gasteiger partial charge in [-0.25, -0.2) is 4.79 Å². The van der Waals surface area contributed by atoms with Crippen LogP contribution in [0.3, 0.4) is 0 Å². The Kier molecular flexibility index (Phi) is 35.9. The maximum absolute atomic E-state index is 9.04. The van der Waals surface area contributed by atoms with Gasteiger partial charge in [-0.2, -0.15) is 5.84 Å². The number of aliphatic carboxylic acids is 2. The molecule has 0 saturated carbocycles. The van der Waals surface area contributed by atoms with Crippen molar-refractivity contribution < 1.29 is 48.2 Å². The Balaban J connectivity index is -0.0000000412. The van der Waals surface area contributed by atoms with Crippen molar-refractivity contribution in [2.24, 2.45) is 5.84 Å². The van der Waals surface area contributed by atoms with Crippen LogP contribution in [0, 0.1) is 0 Å². The summed E-state index contributed by atoms with van der Waals surface area (Å²) in [5.74, 6) is 2.99. The van der Waals surface area contributed by atoms with Crippen LogP contribution in [0.15, 0.2) is 0 Å². The molecule has 0 fully saturated rings. The fourth-order valence-corrected chi connectivity index (χ4v) is 0. The average Bonchev–Trinajstić information content (AvgIpc) is 1.72. The molecular weight excluding hydrogens is 196 g/mol. The van der Waals surface area contributed by atoms with Crippen LogP contribution in [0.25, 0.3) is 0 Å². The third-order valence-corrected chi connectivity index (χ3v) is 0.175. The van der Waals surface area contributed by atoms with Crippen molar-refractivity contribution in [1.82, 2.24) is 0 Å². The first kappa shape index (κ1) is 22.8. The van der Waals surface area contributed by atoms with E-state index in [2.05, 4.69) is 11.7 Å². The maximum atomic E-state index is 9.04. The molecule has 0 aromatic carbocycles. The predicted octanol–water partition coefficient (Wildman–Crippen LogP) is -4.90. The smallest absolute Gasteiger partial charge is 0.351 e. The van der Waals surface area contributed by atoms with E-state index in [-0.39, 0.29) is 22.5 Å².